The monoisotopic (exact) mass is 305 g/mol. The Morgan fingerprint density at radius 3 is 2.78 bits per heavy atom. The van der Waals surface area contributed by atoms with Crippen LogP contribution in [0.1, 0.15) is 29.6 Å². The minimum atomic E-state index is -0.0537. The first-order valence-corrected chi connectivity index (χ1v) is 7.24. The Bertz CT molecular complexity index is 450. The average molecular weight is 307 g/mol. The molecule has 1 atom stereocenters. The minimum Gasteiger partial charge on any atom is -0.334 e. The van der Waals surface area contributed by atoms with Crippen molar-refractivity contribution < 1.29 is 4.79 Å². The van der Waals surface area contributed by atoms with Gasteiger partial charge in [-0.1, -0.05) is 23.2 Å². The average Bonchev–Trinajstić information content (AvgIpc) is 2.38. The molecule has 1 aliphatic heterocycles. The number of likely N-dealkylation sites (tertiary alicyclic amines) is 1. The molecule has 0 N–H and O–H groups in total. The van der Waals surface area contributed by atoms with E-state index in [-0.39, 0.29) is 11.9 Å². The van der Waals surface area contributed by atoms with Crippen LogP contribution in [-0.4, -0.2) is 29.3 Å². The number of halogens is 3. The van der Waals surface area contributed by atoms with Crippen LogP contribution in [-0.2, 0) is 0 Å². The Morgan fingerprint density at radius 1 is 1.33 bits per heavy atom. The lowest BCUT2D eigenvalue weighted by molar-refractivity contribution is 0.0639. The van der Waals surface area contributed by atoms with Crippen molar-refractivity contribution in [2.24, 2.45) is 0 Å². The van der Waals surface area contributed by atoms with E-state index in [1.54, 1.807) is 18.2 Å². The standard InChI is InChI=1S/C13H14Cl3NO/c14-8-10-3-1-2-6-17(10)13(18)11-5-4-9(15)7-12(11)16/h4-5,7,10H,1-3,6,8H2. The van der Waals surface area contributed by atoms with Crippen LogP contribution in [0.4, 0.5) is 0 Å². The van der Waals surface area contributed by atoms with E-state index in [0.29, 0.717) is 21.5 Å². The highest BCUT2D eigenvalue weighted by Crippen LogP contribution is 2.26. The van der Waals surface area contributed by atoms with Gasteiger partial charge in [-0.05, 0) is 37.5 Å². The Hall–Kier alpha value is -0.440. The van der Waals surface area contributed by atoms with Crippen molar-refractivity contribution >= 4 is 40.7 Å². The summed E-state index contributed by atoms with van der Waals surface area (Å²) >= 11 is 17.8. The van der Waals surface area contributed by atoms with Crippen molar-refractivity contribution in [3.8, 4) is 0 Å². The molecule has 0 saturated carbocycles. The Morgan fingerprint density at radius 2 is 2.11 bits per heavy atom. The third-order valence-corrected chi connectivity index (χ3v) is 4.13. The number of carbonyl (C=O) groups is 1. The lowest BCUT2D eigenvalue weighted by atomic mass is 10.0. The summed E-state index contributed by atoms with van der Waals surface area (Å²) in [4.78, 5) is 14.3. The lowest BCUT2D eigenvalue weighted by Crippen LogP contribution is -2.44. The second kappa shape index (κ2) is 6.14. The van der Waals surface area contributed by atoms with E-state index >= 15 is 0 Å². The molecule has 18 heavy (non-hydrogen) atoms. The van der Waals surface area contributed by atoms with E-state index < -0.39 is 0 Å². The summed E-state index contributed by atoms with van der Waals surface area (Å²) in [5.41, 5.74) is 0.498. The van der Waals surface area contributed by atoms with Gasteiger partial charge in [-0.25, -0.2) is 0 Å². The molecule has 1 unspecified atom stereocenters. The number of carbonyl (C=O) groups excluding carboxylic acids is 1. The number of benzene rings is 1. The Balaban J connectivity index is 2.24. The second-order valence-electron chi connectivity index (χ2n) is 4.43. The smallest absolute Gasteiger partial charge is 0.255 e. The summed E-state index contributed by atoms with van der Waals surface area (Å²) in [7, 11) is 0. The maximum Gasteiger partial charge on any atom is 0.255 e. The SMILES string of the molecule is O=C(c1ccc(Cl)cc1Cl)N1CCCCC1CCl. The fourth-order valence-corrected chi connectivity index (χ4v) is 3.06. The van der Waals surface area contributed by atoms with Crippen LogP contribution >= 0.6 is 34.8 Å². The van der Waals surface area contributed by atoms with Crippen LogP contribution in [0.3, 0.4) is 0 Å². The van der Waals surface area contributed by atoms with Crippen LogP contribution in [0.2, 0.25) is 10.0 Å². The van der Waals surface area contributed by atoms with Gasteiger partial charge in [0.2, 0.25) is 0 Å². The number of hydrogen-bond acceptors (Lipinski definition) is 1. The summed E-state index contributed by atoms with van der Waals surface area (Å²) < 4.78 is 0. The molecule has 0 bridgehead atoms. The van der Waals surface area contributed by atoms with Gasteiger partial charge in [-0.15, -0.1) is 11.6 Å². The molecule has 1 amide bonds. The Labute approximate surface area is 122 Å². The van der Waals surface area contributed by atoms with Crippen molar-refractivity contribution in [3.05, 3.63) is 33.8 Å². The molecule has 0 radical (unpaired) electrons. The van der Waals surface area contributed by atoms with Crippen molar-refractivity contribution in [3.63, 3.8) is 0 Å². The van der Waals surface area contributed by atoms with Gasteiger partial charge < -0.3 is 4.90 Å². The van der Waals surface area contributed by atoms with Crippen molar-refractivity contribution in [1.82, 2.24) is 4.90 Å². The topological polar surface area (TPSA) is 20.3 Å². The molecular formula is C13H14Cl3NO. The minimum absolute atomic E-state index is 0.0537. The van der Waals surface area contributed by atoms with Crippen molar-refractivity contribution in [1.29, 1.82) is 0 Å². The highest BCUT2D eigenvalue weighted by molar-refractivity contribution is 6.36. The third-order valence-electron chi connectivity index (χ3n) is 3.23. The van der Waals surface area contributed by atoms with Crippen LogP contribution < -0.4 is 0 Å². The van der Waals surface area contributed by atoms with Crippen molar-refractivity contribution in [2.75, 3.05) is 12.4 Å². The summed E-state index contributed by atoms with van der Waals surface area (Å²) in [6, 6.07) is 5.06. The highest BCUT2D eigenvalue weighted by Gasteiger charge is 2.27. The molecule has 1 saturated heterocycles. The molecule has 5 heteroatoms. The molecule has 0 aromatic heterocycles. The van der Waals surface area contributed by atoms with E-state index in [2.05, 4.69) is 0 Å². The largest absolute Gasteiger partial charge is 0.334 e. The highest BCUT2D eigenvalue weighted by atomic mass is 35.5. The summed E-state index contributed by atoms with van der Waals surface area (Å²) in [5, 5.41) is 0.926. The fraction of sp³-hybridized carbons (Fsp3) is 0.462. The van der Waals surface area contributed by atoms with E-state index in [9.17, 15) is 4.79 Å². The first-order valence-electron chi connectivity index (χ1n) is 5.95. The lowest BCUT2D eigenvalue weighted by Gasteiger charge is -2.34. The summed E-state index contributed by atoms with van der Waals surface area (Å²) in [6.45, 7) is 0.745. The molecule has 0 aliphatic carbocycles. The van der Waals surface area contributed by atoms with Crippen molar-refractivity contribution in [2.45, 2.75) is 25.3 Å². The van der Waals surface area contributed by atoms with Crippen LogP contribution in [0.5, 0.6) is 0 Å². The molecule has 1 heterocycles. The number of piperidine rings is 1. The van der Waals surface area contributed by atoms with Gasteiger partial charge in [0.15, 0.2) is 0 Å². The Kier molecular flexibility index (Phi) is 4.77. The number of nitrogens with zero attached hydrogens (tertiary/aromatic N) is 1. The molecule has 98 valence electrons. The molecule has 1 aromatic carbocycles. The third kappa shape index (κ3) is 2.93. The second-order valence-corrected chi connectivity index (χ2v) is 5.58. The molecule has 1 aromatic rings. The van der Waals surface area contributed by atoms with Gasteiger partial charge in [-0.3, -0.25) is 4.79 Å². The van der Waals surface area contributed by atoms with Gasteiger partial charge in [0.05, 0.1) is 10.6 Å². The van der Waals surface area contributed by atoms with Gasteiger partial charge in [0.25, 0.3) is 5.91 Å². The zero-order valence-electron chi connectivity index (χ0n) is 9.83. The zero-order valence-corrected chi connectivity index (χ0v) is 12.1. The molecule has 1 fully saturated rings. The first-order chi connectivity index (χ1) is 8.63. The molecule has 0 spiro atoms. The molecule has 2 rings (SSSR count). The van der Waals surface area contributed by atoms with Gasteiger partial charge >= 0.3 is 0 Å². The molecular weight excluding hydrogens is 293 g/mol. The number of rotatable bonds is 2. The maximum absolute atomic E-state index is 12.4. The molecule has 2 nitrogen and oxygen atoms in total. The normalized spacial score (nSPS) is 19.9. The quantitative estimate of drug-likeness (QED) is 0.749. The van der Waals surface area contributed by atoms with E-state index in [4.69, 9.17) is 34.8 Å². The maximum atomic E-state index is 12.4. The number of amides is 1. The summed E-state index contributed by atoms with van der Waals surface area (Å²) in [6.07, 6.45) is 3.10. The predicted octanol–water partition coefficient (Wildman–Crippen LogP) is 4.23. The van der Waals surface area contributed by atoms with E-state index in [1.165, 1.54) is 0 Å². The predicted molar refractivity (Wildman–Crippen MR) is 75.9 cm³/mol. The van der Waals surface area contributed by atoms with E-state index in [1.807, 2.05) is 4.90 Å². The summed E-state index contributed by atoms with van der Waals surface area (Å²) in [5.74, 6) is 0.416. The van der Waals surface area contributed by atoms with Crippen LogP contribution in [0.15, 0.2) is 18.2 Å². The fourth-order valence-electron chi connectivity index (χ4n) is 2.25. The van der Waals surface area contributed by atoms with Gasteiger partial charge in [-0.2, -0.15) is 0 Å². The van der Waals surface area contributed by atoms with Gasteiger partial charge in [0, 0.05) is 23.5 Å². The number of hydrogen-bond donors (Lipinski definition) is 0. The van der Waals surface area contributed by atoms with E-state index in [0.717, 1.165) is 25.8 Å². The van der Waals surface area contributed by atoms with Crippen LogP contribution in [0, 0.1) is 0 Å². The van der Waals surface area contributed by atoms with Crippen LogP contribution in [0.25, 0.3) is 0 Å². The van der Waals surface area contributed by atoms with Gasteiger partial charge in [0.1, 0.15) is 0 Å². The zero-order chi connectivity index (χ0) is 13.1. The molecule has 1 aliphatic rings. The number of alkyl halides is 1. The first kappa shape index (κ1) is 14.0.